The van der Waals surface area contributed by atoms with Crippen molar-refractivity contribution in [1.29, 1.82) is 0 Å². The molecule has 0 bridgehead atoms. The first-order valence-corrected chi connectivity index (χ1v) is 20.6. The van der Waals surface area contributed by atoms with Crippen molar-refractivity contribution in [3.05, 3.63) is 233 Å². The minimum absolute atomic E-state index is 0.0840. The van der Waals surface area contributed by atoms with Gasteiger partial charge < -0.3 is 9.80 Å². The second-order valence-corrected chi connectivity index (χ2v) is 17.1. The lowest BCUT2D eigenvalue weighted by atomic mass is 9.33. The molecule has 0 N–H and O–H groups in total. The van der Waals surface area contributed by atoms with E-state index in [4.69, 9.17) is 0 Å². The number of rotatable bonds is 6. The van der Waals surface area contributed by atoms with Crippen LogP contribution in [0.5, 0.6) is 0 Å². The zero-order chi connectivity index (χ0) is 39.6. The Bertz CT molecular complexity index is 2690. The molecule has 58 heavy (non-hydrogen) atoms. The van der Waals surface area contributed by atoms with Crippen LogP contribution in [0.3, 0.4) is 0 Å². The summed E-state index contributed by atoms with van der Waals surface area (Å²) in [6, 6.07) is 72.5. The van der Waals surface area contributed by atoms with Gasteiger partial charge in [0.05, 0.1) is 5.41 Å². The van der Waals surface area contributed by atoms with E-state index < -0.39 is 5.41 Å². The van der Waals surface area contributed by atoms with Crippen LogP contribution in [0.4, 0.5) is 34.1 Å². The van der Waals surface area contributed by atoms with Gasteiger partial charge in [-0.05, 0) is 123 Å². The third kappa shape index (κ3) is 5.63. The van der Waals surface area contributed by atoms with Gasteiger partial charge in [-0.2, -0.15) is 0 Å². The topological polar surface area (TPSA) is 6.48 Å². The fourth-order valence-electron chi connectivity index (χ4n) is 9.73. The van der Waals surface area contributed by atoms with Crippen molar-refractivity contribution in [3.8, 4) is 0 Å². The Balaban J connectivity index is 1.23. The summed E-state index contributed by atoms with van der Waals surface area (Å²) in [4.78, 5) is 5.07. The minimum Gasteiger partial charge on any atom is -0.311 e. The number of nitrogens with zero attached hydrogens (tertiary/aromatic N) is 2. The predicted octanol–water partition coefficient (Wildman–Crippen LogP) is 12.1. The van der Waals surface area contributed by atoms with Crippen LogP contribution in [0.2, 0.25) is 0 Å². The third-order valence-electron chi connectivity index (χ3n) is 12.4. The van der Waals surface area contributed by atoms with Crippen molar-refractivity contribution in [2.45, 2.75) is 45.4 Å². The van der Waals surface area contributed by atoms with Crippen molar-refractivity contribution in [2.24, 2.45) is 0 Å². The molecule has 8 aromatic carbocycles. The van der Waals surface area contributed by atoms with Crippen molar-refractivity contribution in [1.82, 2.24) is 0 Å². The summed E-state index contributed by atoms with van der Waals surface area (Å²) in [5, 5.41) is 0. The Morgan fingerprint density at radius 1 is 0.362 bits per heavy atom. The second-order valence-electron chi connectivity index (χ2n) is 17.1. The molecule has 0 fully saturated rings. The molecule has 0 unspecified atom stereocenters. The third-order valence-corrected chi connectivity index (χ3v) is 12.4. The Morgan fingerprint density at radius 3 is 1.43 bits per heavy atom. The highest BCUT2D eigenvalue weighted by atomic mass is 15.2. The minimum atomic E-state index is -0.519. The molecule has 0 atom stereocenters. The highest BCUT2D eigenvalue weighted by Crippen LogP contribution is 2.49. The van der Waals surface area contributed by atoms with E-state index in [2.05, 4.69) is 239 Å². The number of aryl methyl sites for hydroxylation is 2. The molecule has 2 aliphatic rings. The Kier molecular flexibility index (Phi) is 8.53. The summed E-state index contributed by atoms with van der Waals surface area (Å²) < 4.78 is 0. The lowest BCUT2D eigenvalue weighted by Gasteiger charge is -2.45. The summed E-state index contributed by atoms with van der Waals surface area (Å²) in [5.74, 6) is 0. The molecule has 0 spiro atoms. The van der Waals surface area contributed by atoms with Gasteiger partial charge in [-0.25, -0.2) is 0 Å². The molecule has 0 amide bonds. The molecule has 0 saturated carbocycles. The van der Waals surface area contributed by atoms with E-state index in [1.54, 1.807) is 0 Å². The van der Waals surface area contributed by atoms with Gasteiger partial charge in [0, 0.05) is 34.1 Å². The van der Waals surface area contributed by atoms with Gasteiger partial charge in [0.1, 0.15) is 0 Å². The van der Waals surface area contributed by atoms with Crippen molar-refractivity contribution in [2.75, 3.05) is 9.80 Å². The predicted molar refractivity (Wildman–Crippen MR) is 247 cm³/mol. The van der Waals surface area contributed by atoms with Crippen LogP contribution >= 0.6 is 0 Å². The SMILES string of the molecule is Cc1cccc(N2c3cc(C)ccc3B3c4ccccc4N(c4ccc(C(c5ccccc5)(c5ccccc5)c5ccccc5)cc4)c4cc(C(C)(C)C)cc2c43)c1. The number of fused-ring (bicyclic) bond motifs is 4. The largest absolute Gasteiger partial charge is 0.311 e. The lowest BCUT2D eigenvalue weighted by molar-refractivity contribution is 0.590. The maximum atomic E-state index is 2.53. The summed E-state index contributed by atoms with van der Waals surface area (Å²) in [6.07, 6.45) is 0. The normalized spacial score (nSPS) is 13.2. The van der Waals surface area contributed by atoms with Gasteiger partial charge in [0.2, 0.25) is 0 Å². The van der Waals surface area contributed by atoms with Crippen LogP contribution in [0.25, 0.3) is 0 Å². The zero-order valence-electron chi connectivity index (χ0n) is 33.9. The Morgan fingerprint density at radius 2 is 0.862 bits per heavy atom. The maximum absolute atomic E-state index is 2.53. The number of hydrogen-bond donors (Lipinski definition) is 0. The van der Waals surface area contributed by atoms with Gasteiger partial charge in [0.25, 0.3) is 6.71 Å². The Hall–Kier alpha value is -6.58. The summed E-state index contributed by atoms with van der Waals surface area (Å²) >= 11 is 0. The molecular formula is C55H47BN2. The van der Waals surface area contributed by atoms with Crippen LogP contribution in [-0.4, -0.2) is 6.71 Å². The van der Waals surface area contributed by atoms with E-state index in [1.807, 2.05) is 0 Å². The zero-order valence-corrected chi connectivity index (χ0v) is 33.9. The van der Waals surface area contributed by atoms with Crippen molar-refractivity contribution in [3.63, 3.8) is 0 Å². The quantitative estimate of drug-likeness (QED) is 0.123. The van der Waals surface area contributed by atoms with E-state index >= 15 is 0 Å². The fourth-order valence-corrected chi connectivity index (χ4v) is 9.73. The van der Waals surface area contributed by atoms with Crippen LogP contribution in [0, 0.1) is 13.8 Å². The summed E-state index contributed by atoms with van der Waals surface area (Å²) in [7, 11) is 0. The smallest absolute Gasteiger partial charge is 0.252 e. The number of para-hydroxylation sites is 1. The maximum Gasteiger partial charge on any atom is 0.252 e. The van der Waals surface area contributed by atoms with Crippen LogP contribution in [0.15, 0.2) is 194 Å². The number of hydrogen-bond acceptors (Lipinski definition) is 2. The average Bonchev–Trinajstić information content (AvgIpc) is 3.25. The van der Waals surface area contributed by atoms with Crippen LogP contribution in [0.1, 0.15) is 59.7 Å². The molecule has 10 rings (SSSR count). The molecule has 280 valence electrons. The first kappa shape index (κ1) is 35.8. The molecule has 0 saturated heterocycles. The molecule has 8 aromatic rings. The first-order chi connectivity index (χ1) is 28.2. The lowest BCUT2D eigenvalue weighted by Crippen LogP contribution is -2.61. The van der Waals surface area contributed by atoms with Gasteiger partial charge in [-0.15, -0.1) is 0 Å². The van der Waals surface area contributed by atoms with Crippen LogP contribution < -0.4 is 26.2 Å². The van der Waals surface area contributed by atoms with Gasteiger partial charge in [-0.3, -0.25) is 0 Å². The Labute approximate surface area is 344 Å². The van der Waals surface area contributed by atoms with Crippen LogP contribution in [-0.2, 0) is 10.8 Å². The first-order valence-electron chi connectivity index (χ1n) is 20.6. The highest BCUT2D eigenvalue weighted by Gasteiger charge is 2.44. The summed E-state index contributed by atoms with van der Waals surface area (Å²) in [5.41, 5.74) is 19.5. The highest BCUT2D eigenvalue weighted by molar-refractivity contribution is 7.00. The molecule has 2 aliphatic heterocycles. The van der Waals surface area contributed by atoms with Gasteiger partial charge >= 0.3 is 0 Å². The van der Waals surface area contributed by atoms with Gasteiger partial charge in [0.15, 0.2) is 0 Å². The molecule has 0 radical (unpaired) electrons. The monoisotopic (exact) mass is 746 g/mol. The molecular weight excluding hydrogens is 699 g/mol. The summed E-state index contributed by atoms with van der Waals surface area (Å²) in [6.45, 7) is 11.5. The van der Waals surface area contributed by atoms with E-state index in [0.29, 0.717) is 0 Å². The standard InChI is InChI=1S/C55H47BN2/c1-38-18-17-25-46(34-38)58-50-35-39(2)28-33-48(50)56-47-26-15-16-27-49(47)57(51-36-44(54(3,4)5)37-52(58)53(51)56)45-31-29-43(30-32-45)55(40-19-9-6-10-20-40,41-21-11-7-12-22-41)42-23-13-8-14-24-42/h6-37H,1-5H3. The van der Waals surface area contributed by atoms with Gasteiger partial charge in [-0.1, -0.05) is 166 Å². The molecule has 3 heteroatoms. The average molecular weight is 747 g/mol. The fraction of sp³-hybridized carbons (Fsp3) is 0.127. The van der Waals surface area contributed by atoms with E-state index in [-0.39, 0.29) is 12.1 Å². The molecule has 0 aliphatic carbocycles. The molecule has 2 heterocycles. The second kappa shape index (κ2) is 13.8. The number of anilines is 6. The van der Waals surface area contributed by atoms with E-state index in [9.17, 15) is 0 Å². The van der Waals surface area contributed by atoms with Crippen molar-refractivity contribution < 1.29 is 0 Å². The van der Waals surface area contributed by atoms with Crippen molar-refractivity contribution >= 4 is 57.2 Å². The molecule has 2 nitrogen and oxygen atoms in total. The van der Waals surface area contributed by atoms with E-state index in [0.717, 1.165) is 5.69 Å². The number of benzene rings is 8. The molecule has 0 aromatic heterocycles. The van der Waals surface area contributed by atoms with E-state index in [1.165, 1.54) is 83.8 Å².